The van der Waals surface area contributed by atoms with E-state index in [0.717, 1.165) is 14.5 Å². The van der Waals surface area contributed by atoms with Crippen LogP contribution in [0.4, 0.5) is 0 Å². The van der Waals surface area contributed by atoms with E-state index in [2.05, 4.69) is 42.4 Å². The molecule has 3 nitrogen and oxygen atoms in total. The van der Waals surface area contributed by atoms with Crippen molar-refractivity contribution in [1.82, 2.24) is 5.43 Å². The Kier molecular flexibility index (Phi) is 5.90. The Morgan fingerprint density at radius 3 is 2.43 bits per heavy atom. The topological polar surface area (TPSA) is 41.5 Å². The van der Waals surface area contributed by atoms with Gasteiger partial charge in [-0.05, 0) is 55.6 Å². The maximum Gasteiger partial charge on any atom is 0.272 e. The number of hydrazone groups is 1. The molecule has 21 heavy (non-hydrogen) atoms. The van der Waals surface area contributed by atoms with Crippen LogP contribution in [0.25, 0.3) is 6.08 Å². The van der Waals surface area contributed by atoms with Crippen LogP contribution in [0, 0.1) is 0 Å². The lowest BCUT2D eigenvalue weighted by atomic mass is 10.2. The van der Waals surface area contributed by atoms with Gasteiger partial charge in [0.05, 0.1) is 11.8 Å². The average Bonchev–Trinajstić information content (AvgIpc) is 2.48. The van der Waals surface area contributed by atoms with E-state index in [9.17, 15) is 4.79 Å². The van der Waals surface area contributed by atoms with Crippen LogP contribution >= 0.6 is 31.9 Å². The molecule has 1 amide bonds. The Bertz CT molecular complexity index is 682. The van der Waals surface area contributed by atoms with Crippen molar-refractivity contribution in [3.8, 4) is 0 Å². The number of halogens is 2. The van der Waals surface area contributed by atoms with Crippen LogP contribution in [0.1, 0.15) is 15.9 Å². The smallest absolute Gasteiger partial charge is 0.267 e. The van der Waals surface area contributed by atoms with Gasteiger partial charge in [-0.2, -0.15) is 5.10 Å². The van der Waals surface area contributed by atoms with Crippen molar-refractivity contribution in [2.45, 2.75) is 0 Å². The zero-order chi connectivity index (χ0) is 15.1. The van der Waals surface area contributed by atoms with E-state index in [1.165, 1.54) is 0 Å². The number of rotatable bonds is 4. The van der Waals surface area contributed by atoms with Gasteiger partial charge in [-0.15, -0.1) is 0 Å². The highest BCUT2D eigenvalue weighted by Gasteiger charge is 2.07. The molecule has 106 valence electrons. The summed E-state index contributed by atoms with van der Waals surface area (Å²) in [6, 6.07) is 17.0. The first-order chi connectivity index (χ1) is 10.2. The Morgan fingerprint density at radius 1 is 1.05 bits per heavy atom. The molecule has 0 saturated heterocycles. The van der Waals surface area contributed by atoms with Crippen LogP contribution in [0.15, 0.2) is 68.7 Å². The largest absolute Gasteiger partial charge is 0.272 e. The molecule has 0 spiro atoms. The molecule has 0 unspecified atom stereocenters. The average molecular weight is 408 g/mol. The summed E-state index contributed by atoms with van der Waals surface area (Å²) >= 11 is 6.72. The van der Waals surface area contributed by atoms with Crippen molar-refractivity contribution < 1.29 is 4.79 Å². The minimum absolute atomic E-state index is 0.265. The van der Waals surface area contributed by atoms with Gasteiger partial charge < -0.3 is 0 Å². The summed E-state index contributed by atoms with van der Waals surface area (Å²) in [5, 5.41) is 3.92. The molecule has 2 rings (SSSR count). The lowest BCUT2D eigenvalue weighted by molar-refractivity contribution is 0.0954. The molecular formula is C16H12Br2N2O. The molecule has 0 atom stereocenters. The number of hydrogen-bond donors (Lipinski definition) is 1. The van der Waals surface area contributed by atoms with Gasteiger partial charge >= 0.3 is 0 Å². The molecule has 0 aromatic heterocycles. The van der Waals surface area contributed by atoms with Crippen molar-refractivity contribution >= 4 is 50.1 Å². The molecule has 1 N–H and O–H groups in total. The van der Waals surface area contributed by atoms with Crippen molar-refractivity contribution in [3.05, 3.63) is 74.7 Å². The summed E-state index contributed by atoms with van der Waals surface area (Å²) in [5.41, 5.74) is 4.07. The molecule has 0 aliphatic rings. The van der Waals surface area contributed by atoms with Crippen molar-refractivity contribution in [1.29, 1.82) is 0 Å². The fourth-order valence-corrected chi connectivity index (χ4v) is 2.44. The van der Waals surface area contributed by atoms with Gasteiger partial charge in [0.1, 0.15) is 0 Å². The SMILES string of the molecule is O=C(N/N=C\C(Br)=C\c1ccccc1)c1ccccc1Br. The highest BCUT2D eigenvalue weighted by atomic mass is 79.9. The van der Waals surface area contributed by atoms with Crippen LogP contribution in [0.5, 0.6) is 0 Å². The fraction of sp³-hybridized carbons (Fsp3) is 0. The van der Waals surface area contributed by atoms with Gasteiger partial charge in [-0.3, -0.25) is 4.79 Å². The Morgan fingerprint density at radius 2 is 1.71 bits per heavy atom. The zero-order valence-electron chi connectivity index (χ0n) is 11.0. The van der Waals surface area contributed by atoms with Crippen molar-refractivity contribution in [3.63, 3.8) is 0 Å². The van der Waals surface area contributed by atoms with Gasteiger partial charge in [0.15, 0.2) is 0 Å². The summed E-state index contributed by atoms with van der Waals surface area (Å²) in [7, 11) is 0. The molecule has 2 aromatic rings. The summed E-state index contributed by atoms with van der Waals surface area (Å²) in [6.45, 7) is 0. The van der Waals surface area contributed by atoms with Crippen LogP contribution < -0.4 is 5.43 Å². The Labute approximate surface area is 140 Å². The molecule has 2 aromatic carbocycles. The third-order valence-corrected chi connectivity index (χ3v) is 3.70. The first kappa shape index (κ1) is 15.7. The van der Waals surface area contributed by atoms with Gasteiger partial charge in [0.25, 0.3) is 5.91 Å². The highest BCUT2D eigenvalue weighted by molar-refractivity contribution is 9.12. The van der Waals surface area contributed by atoms with E-state index in [4.69, 9.17) is 0 Å². The molecule has 0 fully saturated rings. The number of carbonyl (C=O) groups is 1. The van der Waals surface area contributed by atoms with Crippen LogP contribution in [-0.2, 0) is 0 Å². The molecular weight excluding hydrogens is 396 g/mol. The molecule has 0 bridgehead atoms. The summed E-state index contributed by atoms with van der Waals surface area (Å²) in [4.78, 5) is 11.9. The Balaban J connectivity index is 1.98. The van der Waals surface area contributed by atoms with E-state index in [-0.39, 0.29) is 5.91 Å². The van der Waals surface area contributed by atoms with Gasteiger partial charge in [0, 0.05) is 8.96 Å². The first-order valence-electron chi connectivity index (χ1n) is 6.17. The predicted molar refractivity (Wildman–Crippen MR) is 93.4 cm³/mol. The number of carbonyl (C=O) groups excluding carboxylic acids is 1. The number of allylic oxidation sites excluding steroid dienone is 1. The van der Waals surface area contributed by atoms with Gasteiger partial charge in [-0.1, -0.05) is 42.5 Å². The summed E-state index contributed by atoms with van der Waals surface area (Å²) in [5.74, 6) is -0.265. The van der Waals surface area contributed by atoms with Gasteiger partial charge in [-0.25, -0.2) is 5.43 Å². The summed E-state index contributed by atoms with van der Waals surface area (Å²) < 4.78 is 1.50. The second-order valence-corrected chi connectivity index (χ2v) is 5.89. The Hall–Kier alpha value is -1.72. The molecule has 0 radical (unpaired) electrons. The molecule has 0 saturated carbocycles. The third-order valence-electron chi connectivity index (χ3n) is 2.58. The lowest BCUT2D eigenvalue weighted by Gasteiger charge is -2.01. The number of amides is 1. The maximum absolute atomic E-state index is 11.9. The van der Waals surface area contributed by atoms with Crippen molar-refractivity contribution in [2.24, 2.45) is 5.10 Å². The number of benzene rings is 2. The number of hydrogen-bond acceptors (Lipinski definition) is 2. The molecule has 0 heterocycles. The van der Waals surface area contributed by atoms with E-state index in [1.807, 2.05) is 48.5 Å². The maximum atomic E-state index is 11.9. The zero-order valence-corrected chi connectivity index (χ0v) is 14.1. The minimum Gasteiger partial charge on any atom is -0.267 e. The van der Waals surface area contributed by atoms with Crippen molar-refractivity contribution in [2.75, 3.05) is 0 Å². The molecule has 0 aliphatic heterocycles. The minimum atomic E-state index is -0.265. The van der Waals surface area contributed by atoms with E-state index >= 15 is 0 Å². The van der Waals surface area contributed by atoms with Crippen LogP contribution in [-0.4, -0.2) is 12.1 Å². The standard InChI is InChI=1S/C16H12Br2N2O/c17-13(10-12-6-2-1-3-7-12)11-19-20-16(21)14-8-4-5-9-15(14)18/h1-11H,(H,20,21)/b13-10-,19-11-. The van der Waals surface area contributed by atoms with Crippen LogP contribution in [0.2, 0.25) is 0 Å². The van der Waals surface area contributed by atoms with E-state index in [0.29, 0.717) is 5.56 Å². The fourth-order valence-electron chi connectivity index (χ4n) is 1.60. The van der Waals surface area contributed by atoms with Gasteiger partial charge in [0.2, 0.25) is 0 Å². The third kappa shape index (κ3) is 4.95. The first-order valence-corrected chi connectivity index (χ1v) is 7.75. The monoisotopic (exact) mass is 406 g/mol. The van der Waals surface area contributed by atoms with E-state index in [1.54, 1.807) is 18.3 Å². The summed E-state index contributed by atoms with van der Waals surface area (Å²) in [6.07, 6.45) is 3.45. The van der Waals surface area contributed by atoms with Crippen LogP contribution in [0.3, 0.4) is 0 Å². The number of nitrogens with zero attached hydrogens (tertiary/aromatic N) is 1. The second-order valence-electron chi connectivity index (χ2n) is 4.12. The molecule has 0 aliphatic carbocycles. The predicted octanol–water partition coefficient (Wildman–Crippen LogP) is 4.60. The van der Waals surface area contributed by atoms with E-state index < -0.39 is 0 Å². The second kappa shape index (κ2) is 7.90. The number of nitrogens with one attached hydrogen (secondary N) is 1. The highest BCUT2D eigenvalue weighted by Crippen LogP contribution is 2.15. The lowest BCUT2D eigenvalue weighted by Crippen LogP contribution is -2.17. The molecule has 5 heteroatoms. The normalized spacial score (nSPS) is 11.6. The quantitative estimate of drug-likeness (QED) is 0.583.